The van der Waals surface area contributed by atoms with Crippen LogP contribution in [-0.2, 0) is 11.5 Å². The van der Waals surface area contributed by atoms with E-state index in [4.69, 9.17) is 11.6 Å². The van der Waals surface area contributed by atoms with E-state index in [0.29, 0.717) is 24.7 Å². The fraction of sp³-hybridized carbons (Fsp3) is 0.500. The van der Waals surface area contributed by atoms with E-state index in [9.17, 15) is 27.6 Å². The number of aromatic nitrogens is 2. The first-order chi connectivity index (χ1) is 11.1. The van der Waals surface area contributed by atoms with Crippen LogP contribution in [0.15, 0.2) is 9.59 Å². The molecule has 0 atom stereocenters. The first-order valence-electron chi connectivity index (χ1n) is 7.09. The van der Waals surface area contributed by atoms with E-state index < -0.39 is 35.4 Å². The van der Waals surface area contributed by atoms with Gasteiger partial charge < -0.3 is 0 Å². The first-order valence-corrected chi connectivity index (χ1v) is 8.29. The molecule has 0 radical (unpaired) electrons. The van der Waals surface area contributed by atoms with Crippen LogP contribution in [0.4, 0.5) is 13.2 Å². The van der Waals surface area contributed by atoms with Crippen LogP contribution in [0.1, 0.15) is 34.5 Å². The lowest BCUT2D eigenvalue weighted by molar-refractivity contribution is -0.136. The van der Waals surface area contributed by atoms with Gasteiger partial charge in [0.1, 0.15) is 9.83 Å². The molecule has 0 unspecified atom stereocenters. The topological polar surface area (TPSA) is 61.1 Å². The molecule has 2 heterocycles. The molecule has 10 heteroatoms. The second-order valence-corrected chi connectivity index (χ2v) is 7.48. The molecule has 0 amide bonds. The second kappa shape index (κ2) is 5.45. The third-order valence-corrected chi connectivity index (χ3v) is 5.83. The zero-order valence-electron chi connectivity index (χ0n) is 12.4. The number of fused-ring (bicyclic) bond motifs is 1. The highest BCUT2D eigenvalue weighted by molar-refractivity contribution is 7.20. The number of halogens is 4. The second-order valence-electron chi connectivity index (χ2n) is 5.75. The zero-order chi connectivity index (χ0) is 17.9. The van der Waals surface area contributed by atoms with E-state index in [1.165, 1.54) is 6.92 Å². The number of aryl methyl sites for hydroxylation is 2. The number of alkyl halides is 4. The van der Waals surface area contributed by atoms with Gasteiger partial charge in [0, 0.05) is 6.54 Å². The van der Waals surface area contributed by atoms with Crippen LogP contribution in [0.2, 0.25) is 0 Å². The largest absolute Gasteiger partial charge is 0.390 e. The summed E-state index contributed by atoms with van der Waals surface area (Å²) >= 11 is 7.04. The van der Waals surface area contributed by atoms with E-state index in [2.05, 4.69) is 0 Å². The molecule has 0 N–H and O–H groups in total. The Morgan fingerprint density at radius 2 is 1.96 bits per heavy atom. The van der Waals surface area contributed by atoms with Crippen molar-refractivity contribution in [1.82, 2.24) is 9.13 Å². The Balaban J connectivity index is 2.34. The van der Waals surface area contributed by atoms with E-state index in [-0.39, 0.29) is 15.1 Å². The molecule has 2 aromatic heterocycles. The van der Waals surface area contributed by atoms with Crippen molar-refractivity contribution in [1.29, 1.82) is 0 Å². The maximum Gasteiger partial charge on any atom is 0.390 e. The fourth-order valence-corrected chi connectivity index (χ4v) is 3.97. The lowest BCUT2D eigenvalue weighted by Gasteiger charge is -2.15. The minimum absolute atomic E-state index is 0.0750. The summed E-state index contributed by atoms with van der Waals surface area (Å²) in [6, 6.07) is 0. The average Bonchev–Trinajstić information content (AvgIpc) is 3.10. The van der Waals surface area contributed by atoms with Crippen LogP contribution in [0.3, 0.4) is 0 Å². The number of carbonyl (C=O) groups is 1. The molecular formula is C14H12ClF3N2O3S. The standard InChI is InChI=1S/C14H12ClF3N2O3S/c1-7-8(6-21)24-11-9(7)10(22)20(13(15)2-3-13)12(23)19(11)5-4-14(16,17)18/h6H,2-5H2,1H3. The van der Waals surface area contributed by atoms with Gasteiger partial charge in [0.05, 0.1) is 16.7 Å². The Hall–Kier alpha value is -1.61. The van der Waals surface area contributed by atoms with E-state index >= 15 is 0 Å². The Morgan fingerprint density at radius 1 is 1.33 bits per heavy atom. The number of thiophene rings is 1. The predicted molar refractivity (Wildman–Crippen MR) is 84.2 cm³/mol. The van der Waals surface area contributed by atoms with Crippen molar-refractivity contribution in [2.45, 2.75) is 43.9 Å². The Bertz CT molecular complexity index is 953. The molecule has 0 spiro atoms. The summed E-state index contributed by atoms with van der Waals surface area (Å²) in [7, 11) is 0. The third kappa shape index (κ3) is 2.69. The van der Waals surface area contributed by atoms with Crippen molar-refractivity contribution in [3.05, 3.63) is 31.3 Å². The van der Waals surface area contributed by atoms with Gasteiger partial charge in [0.15, 0.2) is 6.29 Å². The number of hydrogen-bond acceptors (Lipinski definition) is 4. The molecule has 1 aliphatic rings. The van der Waals surface area contributed by atoms with Crippen molar-refractivity contribution in [3.63, 3.8) is 0 Å². The van der Waals surface area contributed by atoms with Crippen LogP contribution in [-0.4, -0.2) is 21.6 Å². The summed E-state index contributed by atoms with van der Waals surface area (Å²) in [5, 5.41) is 0.0794. The molecule has 5 nitrogen and oxygen atoms in total. The molecular weight excluding hydrogens is 369 g/mol. The van der Waals surface area contributed by atoms with Gasteiger partial charge in [-0.1, -0.05) is 11.6 Å². The lowest BCUT2D eigenvalue weighted by Crippen LogP contribution is -2.44. The zero-order valence-corrected chi connectivity index (χ0v) is 14.0. The SMILES string of the molecule is Cc1c(C=O)sc2c1c(=O)n(C1(Cl)CC1)c(=O)n2CCC(F)(F)F. The average molecular weight is 381 g/mol. The van der Waals surface area contributed by atoms with E-state index in [0.717, 1.165) is 20.5 Å². The van der Waals surface area contributed by atoms with E-state index in [1.54, 1.807) is 0 Å². The quantitative estimate of drug-likeness (QED) is 0.605. The van der Waals surface area contributed by atoms with Crippen molar-refractivity contribution in [2.75, 3.05) is 0 Å². The summed E-state index contributed by atoms with van der Waals surface area (Å²) in [4.78, 5) is 35.5. The number of carbonyl (C=O) groups excluding carboxylic acids is 1. The van der Waals surface area contributed by atoms with Gasteiger partial charge >= 0.3 is 11.9 Å². The van der Waals surface area contributed by atoms with Crippen molar-refractivity contribution in [2.24, 2.45) is 0 Å². The maximum absolute atomic E-state index is 12.7. The molecule has 0 saturated heterocycles. The first kappa shape index (κ1) is 17.2. The number of hydrogen-bond donors (Lipinski definition) is 0. The maximum atomic E-state index is 12.7. The molecule has 130 valence electrons. The monoisotopic (exact) mass is 380 g/mol. The number of rotatable bonds is 4. The van der Waals surface area contributed by atoms with Gasteiger partial charge in [0.25, 0.3) is 5.56 Å². The molecule has 2 aromatic rings. The van der Waals surface area contributed by atoms with Crippen LogP contribution in [0, 0.1) is 6.92 Å². The van der Waals surface area contributed by atoms with Gasteiger partial charge in [0.2, 0.25) is 0 Å². The summed E-state index contributed by atoms with van der Waals surface area (Å²) in [5.74, 6) is 0. The van der Waals surface area contributed by atoms with Crippen LogP contribution >= 0.6 is 22.9 Å². The molecule has 0 aliphatic heterocycles. The molecule has 1 saturated carbocycles. The van der Waals surface area contributed by atoms with Crippen molar-refractivity contribution >= 4 is 39.4 Å². The highest BCUT2D eigenvalue weighted by Crippen LogP contribution is 2.46. The summed E-state index contributed by atoms with van der Waals surface area (Å²) in [5.41, 5.74) is -1.18. The number of nitrogens with zero attached hydrogens (tertiary/aromatic N) is 2. The minimum Gasteiger partial charge on any atom is -0.297 e. The van der Waals surface area contributed by atoms with Crippen LogP contribution in [0.25, 0.3) is 10.2 Å². The highest BCUT2D eigenvalue weighted by atomic mass is 35.5. The number of aldehydes is 1. The van der Waals surface area contributed by atoms with Crippen LogP contribution < -0.4 is 11.2 Å². The Morgan fingerprint density at radius 3 is 2.46 bits per heavy atom. The summed E-state index contributed by atoms with van der Waals surface area (Å²) < 4.78 is 39.5. The van der Waals surface area contributed by atoms with Crippen LogP contribution in [0.5, 0.6) is 0 Å². The van der Waals surface area contributed by atoms with Gasteiger partial charge in [-0.3, -0.25) is 14.2 Å². The summed E-state index contributed by atoms with van der Waals surface area (Å²) in [6.07, 6.45) is -4.38. The molecule has 0 aromatic carbocycles. The Kier molecular flexibility index (Phi) is 3.91. The van der Waals surface area contributed by atoms with Gasteiger partial charge in [-0.2, -0.15) is 13.2 Å². The summed E-state index contributed by atoms with van der Waals surface area (Å²) in [6.45, 7) is 0.894. The highest BCUT2D eigenvalue weighted by Gasteiger charge is 2.46. The molecule has 3 rings (SSSR count). The van der Waals surface area contributed by atoms with Crippen molar-refractivity contribution < 1.29 is 18.0 Å². The fourth-order valence-electron chi connectivity index (χ4n) is 2.59. The molecule has 0 bridgehead atoms. The lowest BCUT2D eigenvalue weighted by atomic mass is 10.2. The van der Waals surface area contributed by atoms with Gasteiger partial charge in [-0.05, 0) is 25.3 Å². The third-order valence-electron chi connectivity index (χ3n) is 4.04. The minimum atomic E-state index is -4.45. The molecule has 1 aliphatic carbocycles. The predicted octanol–water partition coefficient (Wildman–Crippen LogP) is 2.98. The Labute approximate surface area is 142 Å². The van der Waals surface area contributed by atoms with Crippen molar-refractivity contribution in [3.8, 4) is 0 Å². The smallest absolute Gasteiger partial charge is 0.297 e. The van der Waals surface area contributed by atoms with Gasteiger partial charge in [-0.25, -0.2) is 9.36 Å². The van der Waals surface area contributed by atoms with Gasteiger partial charge in [-0.15, -0.1) is 11.3 Å². The molecule has 1 fully saturated rings. The van der Waals surface area contributed by atoms with E-state index in [1.807, 2.05) is 0 Å². The normalized spacial score (nSPS) is 16.5. The molecule has 24 heavy (non-hydrogen) atoms.